The van der Waals surface area contributed by atoms with Crippen molar-refractivity contribution in [3.8, 4) is 0 Å². The Morgan fingerprint density at radius 1 is 1.43 bits per heavy atom. The van der Waals surface area contributed by atoms with Gasteiger partial charge in [0.05, 0.1) is 0 Å². The van der Waals surface area contributed by atoms with Gasteiger partial charge in [0.2, 0.25) is 5.91 Å². The Hall–Kier alpha value is -0.220. The molecule has 1 N–H and O–H groups in total. The third-order valence-electron chi connectivity index (χ3n) is 2.99. The van der Waals surface area contributed by atoms with E-state index in [1.54, 1.807) is 0 Å². The zero-order valence-electron chi connectivity index (χ0n) is 8.50. The predicted molar refractivity (Wildman–Crippen MR) is 59.5 cm³/mol. The van der Waals surface area contributed by atoms with Gasteiger partial charge in [-0.15, -0.1) is 0 Å². The second-order valence-electron chi connectivity index (χ2n) is 4.06. The molecule has 1 amide bonds. The Balaban J connectivity index is 1.75. The summed E-state index contributed by atoms with van der Waals surface area (Å²) in [4.78, 5) is 13.9. The van der Waals surface area contributed by atoms with Crippen molar-refractivity contribution >= 4 is 17.7 Å². The summed E-state index contributed by atoms with van der Waals surface area (Å²) in [7, 11) is 0. The van der Waals surface area contributed by atoms with Gasteiger partial charge in [-0.05, 0) is 25.4 Å². The molecule has 0 aromatic heterocycles. The van der Waals surface area contributed by atoms with Crippen molar-refractivity contribution in [2.24, 2.45) is 5.92 Å². The van der Waals surface area contributed by atoms with Gasteiger partial charge < -0.3 is 10.2 Å². The van der Waals surface area contributed by atoms with Crippen LogP contribution >= 0.6 is 11.8 Å². The van der Waals surface area contributed by atoms with E-state index in [4.69, 9.17) is 0 Å². The number of carbonyl (C=O) groups is 1. The highest BCUT2D eigenvalue weighted by atomic mass is 32.2. The van der Waals surface area contributed by atoms with Crippen LogP contribution in [0.2, 0.25) is 0 Å². The SMILES string of the molecule is O=C(CC1CCNC1)N1CCSCC1. The van der Waals surface area contributed by atoms with Crippen molar-refractivity contribution in [1.82, 2.24) is 10.2 Å². The van der Waals surface area contributed by atoms with Gasteiger partial charge in [0.1, 0.15) is 0 Å². The minimum atomic E-state index is 0.374. The van der Waals surface area contributed by atoms with Gasteiger partial charge in [-0.25, -0.2) is 0 Å². The number of hydrogen-bond acceptors (Lipinski definition) is 3. The Kier molecular flexibility index (Phi) is 3.70. The fourth-order valence-corrected chi connectivity index (χ4v) is 2.98. The van der Waals surface area contributed by atoms with Gasteiger partial charge in [-0.3, -0.25) is 4.79 Å². The number of rotatable bonds is 2. The van der Waals surface area contributed by atoms with Gasteiger partial charge in [-0.1, -0.05) is 0 Å². The maximum Gasteiger partial charge on any atom is 0.222 e. The molecular formula is C10H18N2OS. The molecule has 0 aromatic rings. The molecule has 0 aliphatic carbocycles. The summed E-state index contributed by atoms with van der Waals surface area (Å²) in [5.74, 6) is 3.21. The first-order valence-electron chi connectivity index (χ1n) is 5.42. The lowest BCUT2D eigenvalue weighted by Crippen LogP contribution is -2.38. The lowest BCUT2D eigenvalue weighted by Gasteiger charge is -2.27. The van der Waals surface area contributed by atoms with Gasteiger partial charge in [0.15, 0.2) is 0 Å². The molecule has 1 atom stereocenters. The monoisotopic (exact) mass is 214 g/mol. The number of thioether (sulfide) groups is 1. The lowest BCUT2D eigenvalue weighted by atomic mass is 10.0. The van der Waals surface area contributed by atoms with Crippen molar-refractivity contribution < 1.29 is 4.79 Å². The molecule has 0 bridgehead atoms. The molecule has 2 heterocycles. The molecule has 3 nitrogen and oxygen atoms in total. The first-order valence-corrected chi connectivity index (χ1v) is 6.58. The molecule has 1 unspecified atom stereocenters. The van der Waals surface area contributed by atoms with E-state index in [9.17, 15) is 4.79 Å². The summed E-state index contributed by atoms with van der Waals surface area (Å²) >= 11 is 1.95. The van der Waals surface area contributed by atoms with Crippen LogP contribution in [0, 0.1) is 5.92 Å². The van der Waals surface area contributed by atoms with Gasteiger partial charge >= 0.3 is 0 Å². The minimum absolute atomic E-state index is 0.374. The zero-order chi connectivity index (χ0) is 9.80. The van der Waals surface area contributed by atoms with E-state index in [0.29, 0.717) is 11.8 Å². The van der Waals surface area contributed by atoms with Crippen molar-refractivity contribution in [1.29, 1.82) is 0 Å². The quantitative estimate of drug-likeness (QED) is 0.729. The Morgan fingerprint density at radius 3 is 2.86 bits per heavy atom. The van der Waals surface area contributed by atoms with E-state index in [0.717, 1.165) is 44.1 Å². The van der Waals surface area contributed by atoms with Crippen LogP contribution < -0.4 is 5.32 Å². The van der Waals surface area contributed by atoms with Crippen LogP contribution in [0.5, 0.6) is 0 Å². The molecule has 0 radical (unpaired) electrons. The molecular weight excluding hydrogens is 196 g/mol. The van der Waals surface area contributed by atoms with Crippen molar-refractivity contribution in [3.05, 3.63) is 0 Å². The van der Waals surface area contributed by atoms with Crippen molar-refractivity contribution in [2.45, 2.75) is 12.8 Å². The Bertz CT molecular complexity index is 198. The van der Waals surface area contributed by atoms with Gasteiger partial charge in [0, 0.05) is 31.0 Å². The first kappa shape index (κ1) is 10.3. The van der Waals surface area contributed by atoms with E-state index in [1.807, 2.05) is 16.7 Å². The van der Waals surface area contributed by atoms with Crippen LogP contribution in [-0.4, -0.2) is 48.5 Å². The number of amides is 1. The molecule has 2 fully saturated rings. The average Bonchev–Trinajstić information content (AvgIpc) is 2.72. The highest BCUT2D eigenvalue weighted by Gasteiger charge is 2.22. The smallest absolute Gasteiger partial charge is 0.222 e. The molecule has 0 spiro atoms. The molecule has 2 saturated heterocycles. The number of carbonyl (C=O) groups excluding carboxylic acids is 1. The average molecular weight is 214 g/mol. The van der Waals surface area contributed by atoms with E-state index in [-0.39, 0.29) is 0 Å². The first-order chi connectivity index (χ1) is 6.86. The van der Waals surface area contributed by atoms with Gasteiger partial charge in [-0.2, -0.15) is 11.8 Å². The van der Waals surface area contributed by atoms with E-state index >= 15 is 0 Å². The minimum Gasteiger partial charge on any atom is -0.341 e. The summed E-state index contributed by atoms with van der Waals surface area (Å²) in [6, 6.07) is 0. The fraction of sp³-hybridized carbons (Fsp3) is 0.900. The number of hydrogen-bond donors (Lipinski definition) is 1. The molecule has 80 valence electrons. The molecule has 4 heteroatoms. The van der Waals surface area contributed by atoms with Crippen LogP contribution in [0.15, 0.2) is 0 Å². The second kappa shape index (κ2) is 5.03. The summed E-state index contributed by atoms with van der Waals surface area (Å²) in [5, 5.41) is 3.31. The van der Waals surface area contributed by atoms with Crippen LogP contribution in [0.25, 0.3) is 0 Å². The Labute approximate surface area is 89.6 Å². The molecule has 0 saturated carbocycles. The zero-order valence-corrected chi connectivity index (χ0v) is 9.31. The van der Waals surface area contributed by atoms with E-state index < -0.39 is 0 Å². The van der Waals surface area contributed by atoms with Crippen molar-refractivity contribution in [3.63, 3.8) is 0 Å². The maximum atomic E-state index is 11.8. The molecule has 2 rings (SSSR count). The topological polar surface area (TPSA) is 32.3 Å². The predicted octanol–water partition coefficient (Wildman–Crippen LogP) is 0.561. The normalized spacial score (nSPS) is 28.0. The van der Waals surface area contributed by atoms with Crippen LogP contribution in [0.4, 0.5) is 0 Å². The molecule has 14 heavy (non-hydrogen) atoms. The summed E-state index contributed by atoms with van der Waals surface area (Å²) in [6.45, 7) is 4.05. The van der Waals surface area contributed by atoms with Gasteiger partial charge in [0.25, 0.3) is 0 Å². The lowest BCUT2D eigenvalue weighted by molar-refractivity contribution is -0.131. The Morgan fingerprint density at radius 2 is 2.21 bits per heavy atom. The van der Waals surface area contributed by atoms with Crippen LogP contribution in [0.3, 0.4) is 0 Å². The summed E-state index contributed by atoms with van der Waals surface area (Å²) < 4.78 is 0. The summed E-state index contributed by atoms with van der Waals surface area (Å²) in [5.41, 5.74) is 0. The highest BCUT2D eigenvalue weighted by molar-refractivity contribution is 7.99. The third-order valence-corrected chi connectivity index (χ3v) is 3.93. The third kappa shape index (κ3) is 2.64. The maximum absolute atomic E-state index is 11.8. The highest BCUT2D eigenvalue weighted by Crippen LogP contribution is 2.16. The second-order valence-corrected chi connectivity index (χ2v) is 5.28. The molecule has 0 aromatic carbocycles. The van der Waals surface area contributed by atoms with Crippen molar-refractivity contribution in [2.75, 3.05) is 37.7 Å². The van der Waals surface area contributed by atoms with Crippen LogP contribution in [0.1, 0.15) is 12.8 Å². The summed E-state index contributed by atoms with van der Waals surface area (Å²) in [6.07, 6.45) is 1.94. The van der Waals surface area contributed by atoms with Crippen LogP contribution in [-0.2, 0) is 4.79 Å². The number of nitrogens with one attached hydrogen (secondary N) is 1. The molecule has 2 aliphatic heterocycles. The van der Waals surface area contributed by atoms with E-state index in [2.05, 4.69) is 5.32 Å². The van der Waals surface area contributed by atoms with E-state index in [1.165, 1.54) is 6.42 Å². The largest absolute Gasteiger partial charge is 0.341 e. The molecule has 2 aliphatic rings. The number of nitrogens with zero attached hydrogens (tertiary/aromatic N) is 1. The standard InChI is InChI=1S/C10H18N2OS/c13-10(7-9-1-2-11-8-9)12-3-5-14-6-4-12/h9,11H,1-8H2. The fourth-order valence-electron chi connectivity index (χ4n) is 2.08.